The Labute approximate surface area is 170 Å². The minimum Gasteiger partial charge on any atom is -0.503 e. The molecule has 2 N–H and O–H groups in total. The van der Waals surface area contributed by atoms with Crippen molar-refractivity contribution in [2.75, 3.05) is 7.11 Å². The van der Waals surface area contributed by atoms with E-state index in [0.29, 0.717) is 15.7 Å². The Morgan fingerprint density at radius 1 is 1.29 bits per heavy atom. The summed E-state index contributed by atoms with van der Waals surface area (Å²) in [7, 11) is 1.42. The van der Waals surface area contributed by atoms with E-state index in [-0.39, 0.29) is 18.1 Å². The van der Waals surface area contributed by atoms with E-state index in [9.17, 15) is 14.7 Å². The van der Waals surface area contributed by atoms with Gasteiger partial charge in [0.15, 0.2) is 11.5 Å². The number of phenolic OH excluding ortho intramolecular Hbond substituents is 1. The van der Waals surface area contributed by atoms with Gasteiger partial charge in [-0.1, -0.05) is 30.3 Å². The molecule has 0 saturated heterocycles. The van der Waals surface area contributed by atoms with Gasteiger partial charge in [0.2, 0.25) is 0 Å². The summed E-state index contributed by atoms with van der Waals surface area (Å²) in [6.07, 6.45) is 0. The third kappa shape index (κ3) is 4.17. The van der Waals surface area contributed by atoms with Gasteiger partial charge in [-0.25, -0.2) is 9.79 Å². The number of phenols is 1. The molecule has 1 aliphatic rings. The van der Waals surface area contributed by atoms with Gasteiger partial charge in [-0.15, -0.1) is 0 Å². The molecule has 1 heterocycles. The van der Waals surface area contributed by atoms with Crippen LogP contribution in [0.15, 0.2) is 51.9 Å². The fourth-order valence-electron chi connectivity index (χ4n) is 3.05. The van der Waals surface area contributed by atoms with E-state index >= 15 is 0 Å². The summed E-state index contributed by atoms with van der Waals surface area (Å²) in [4.78, 5) is 28.7. The number of carbonyl (C=O) groups excluding carboxylic acids is 2. The molecular weight excluding hydrogens is 428 g/mol. The summed E-state index contributed by atoms with van der Waals surface area (Å²) >= 11 is 3.26. The van der Waals surface area contributed by atoms with Crippen LogP contribution < -0.4 is 10.1 Å². The molecule has 2 aromatic carbocycles. The van der Waals surface area contributed by atoms with Gasteiger partial charge in [-0.2, -0.15) is 0 Å². The van der Waals surface area contributed by atoms with Crippen LogP contribution in [0, 0.1) is 5.92 Å². The van der Waals surface area contributed by atoms with E-state index in [1.807, 2.05) is 30.3 Å². The lowest BCUT2D eigenvalue weighted by molar-refractivity contribution is -0.148. The van der Waals surface area contributed by atoms with Gasteiger partial charge in [0.05, 0.1) is 17.6 Å². The first-order chi connectivity index (χ1) is 13.4. The highest BCUT2D eigenvalue weighted by atomic mass is 79.9. The number of nitrogens with one attached hydrogen (secondary N) is 1. The first-order valence-electron chi connectivity index (χ1n) is 8.53. The van der Waals surface area contributed by atoms with Crippen molar-refractivity contribution >= 4 is 33.6 Å². The highest BCUT2D eigenvalue weighted by Gasteiger charge is 2.38. The molecule has 0 spiro atoms. The summed E-state index contributed by atoms with van der Waals surface area (Å²) < 4.78 is 11.0. The molecule has 2 aromatic rings. The predicted octanol–water partition coefficient (Wildman–Crippen LogP) is 3.75. The molecular formula is C20H19BrN2O5. The molecule has 3 rings (SSSR count). The van der Waals surface area contributed by atoms with Crippen molar-refractivity contribution in [3.05, 3.63) is 58.1 Å². The maximum Gasteiger partial charge on any atom is 0.341 e. The number of aliphatic imine (C=N–C) groups is 1. The minimum absolute atomic E-state index is 0.0676. The first kappa shape index (κ1) is 19.9. The summed E-state index contributed by atoms with van der Waals surface area (Å²) in [6.45, 7) is 1.74. The number of urea groups is 1. The highest BCUT2D eigenvalue weighted by molar-refractivity contribution is 9.10. The van der Waals surface area contributed by atoms with Gasteiger partial charge >= 0.3 is 12.0 Å². The first-order valence-corrected chi connectivity index (χ1v) is 9.32. The van der Waals surface area contributed by atoms with Crippen molar-refractivity contribution in [2.45, 2.75) is 19.6 Å². The van der Waals surface area contributed by atoms with E-state index in [0.717, 1.165) is 5.56 Å². The maximum atomic E-state index is 12.8. The van der Waals surface area contributed by atoms with E-state index in [4.69, 9.17) is 9.47 Å². The van der Waals surface area contributed by atoms with Gasteiger partial charge in [0, 0.05) is 5.71 Å². The summed E-state index contributed by atoms with van der Waals surface area (Å²) in [5.41, 5.74) is 1.79. The maximum absolute atomic E-state index is 12.8. The fourth-order valence-corrected chi connectivity index (χ4v) is 3.51. The molecule has 2 atom stereocenters. The number of benzene rings is 2. The number of methoxy groups -OCH3 is 1. The SMILES string of the molecule is COc1cc(C2NC(=O)N=C(C)C2C(=O)OCc2ccccc2)cc(Br)c1O. The number of hydrogen-bond acceptors (Lipinski definition) is 5. The monoisotopic (exact) mass is 446 g/mol. The number of hydrogen-bond donors (Lipinski definition) is 2. The van der Waals surface area contributed by atoms with Crippen molar-refractivity contribution < 1.29 is 24.2 Å². The quantitative estimate of drug-likeness (QED) is 0.681. The lowest BCUT2D eigenvalue weighted by atomic mass is 9.88. The van der Waals surface area contributed by atoms with E-state index in [1.165, 1.54) is 7.11 Å². The number of carbonyl (C=O) groups is 2. The van der Waals surface area contributed by atoms with Gasteiger partial charge in [-0.3, -0.25) is 4.79 Å². The molecule has 2 unspecified atom stereocenters. The largest absolute Gasteiger partial charge is 0.503 e. The molecule has 0 fully saturated rings. The average molecular weight is 447 g/mol. The van der Waals surface area contributed by atoms with Crippen molar-refractivity contribution in [2.24, 2.45) is 10.9 Å². The van der Waals surface area contributed by atoms with Crippen LogP contribution in [-0.2, 0) is 16.1 Å². The third-order valence-electron chi connectivity index (χ3n) is 4.45. The zero-order valence-electron chi connectivity index (χ0n) is 15.3. The second kappa shape index (κ2) is 8.43. The number of aromatic hydroxyl groups is 1. The average Bonchev–Trinajstić information content (AvgIpc) is 2.68. The molecule has 8 heteroatoms. The Hall–Kier alpha value is -2.87. The zero-order valence-corrected chi connectivity index (χ0v) is 16.9. The van der Waals surface area contributed by atoms with Crippen molar-refractivity contribution in [1.29, 1.82) is 0 Å². The van der Waals surface area contributed by atoms with Crippen LogP contribution in [0.5, 0.6) is 11.5 Å². The molecule has 0 aliphatic carbocycles. The van der Waals surface area contributed by atoms with Crippen molar-refractivity contribution in [3.8, 4) is 11.5 Å². The van der Waals surface area contributed by atoms with Gasteiger partial charge in [0.1, 0.15) is 12.5 Å². The van der Waals surface area contributed by atoms with Crippen LogP contribution in [0.25, 0.3) is 0 Å². The molecule has 0 saturated carbocycles. The smallest absolute Gasteiger partial charge is 0.341 e. The van der Waals surface area contributed by atoms with Gasteiger partial charge < -0.3 is 19.9 Å². The fraction of sp³-hybridized carbons (Fsp3) is 0.250. The van der Waals surface area contributed by atoms with Gasteiger partial charge in [0.25, 0.3) is 0 Å². The van der Waals surface area contributed by atoms with Crippen LogP contribution in [0.3, 0.4) is 0 Å². The number of ether oxygens (including phenoxy) is 2. The Kier molecular flexibility index (Phi) is 5.99. The summed E-state index contributed by atoms with van der Waals surface area (Å²) in [6, 6.07) is 11.3. The normalized spacial score (nSPS) is 18.8. The summed E-state index contributed by atoms with van der Waals surface area (Å²) in [5, 5.41) is 12.7. The molecule has 28 heavy (non-hydrogen) atoms. The predicted molar refractivity (Wildman–Crippen MR) is 106 cm³/mol. The van der Waals surface area contributed by atoms with Crippen molar-refractivity contribution in [1.82, 2.24) is 5.32 Å². The van der Waals surface area contributed by atoms with Crippen LogP contribution >= 0.6 is 15.9 Å². The lowest BCUT2D eigenvalue weighted by Gasteiger charge is -2.30. The molecule has 146 valence electrons. The number of rotatable bonds is 5. The Bertz CT molecular complexity index is 930. The molecule has 7 nitrogen and oxygen atoms in total. The Morgan fingerprint density at radius 3 is 2.68 bits per heavy atom. The number of esters is 1. The Morgan fingerprint density at radius 2 is 2.00 bits per heavy atom. The van der Waals surface area contributed by atoms with E-state index in [1.54, 1.807) is 19.1 Å². The number of halogens is 1. The third-order valence-corrected chi connectivity index (χ3v) is 5.05. The number of amides is 2. The topological polar surface area (TPSA) is 97.2 Å². The van der Waals surface area contributed by atoms with Crippen LogP contribution in [0.4, 0.5) is 4.79 Å². The van der Waals surface area contributed by atoms with Crippen LogP contribution in [-0.4, -0.2) is 29.9 Å². The van der Waals surface area contributed by atoms with E-state index in [2.05, 4.69) is 26.2 Å². The standard InChI is InChI=1S/C20H19BrN2O5/c1-11-16(19(25)28-10-12-6-4-3-5-7-12)17(23-20(26)22-11)13-8-14(21)18(24)15(9-13)27-2/h3-9,16-17,24H,10H2,1-2H3,(H,23,26). The Balaban J connectivity index is 1.90. The molecule has 0 aromatic heterocycles. The lowest BCUT2D eigenvalue weighted by Crippen LogP contribution is -2.44. The second-order valence-corrected chi connectivity index (χ2v) is 7.16. The van der Waals surface area contributed by atoms with E-state index < -0.39 is 24.0 Å². The number of nitrogens with zero attached hydrogens (tertiary/aromatic N) is 1. The molecule has 0 bridgehead atoms. The van der Waals surface area contributed by atoms with Crippen LogP contribution in [0.2, 0.25) is 0 Å². The van der Waals surface area contributed by atoms with Crippen LogP contribution in [0.1, 0.15) is 24.1 Å². The van der Waals surface area contributed by atoms with Crippen molar-refractivity contribution in [3.63, 3.8) is 0 Å². The summed E-state index contributed by atoms with van der Waals surface area (Å²) in [5.74, 6) is -1.15. The molecule has 2 amide bonds. The van der Waals surface area contributed by atoms with Gasteiger partial charge in [-0.05, 0) is 46.1 Å². The second-order valence-electron chi connectivity index (χ2n) is 6.30. The highest BCUT2D eigenvalue weighted by Crippen LogP contribution is 2.39. The molecule has 1 aliphatic heterocycles. The minimum atomic E-state index is -0.803. The zero-order chi connectivity index (χ0) is 20.3. The molecule has 0 radical (unpaired) electrons.